The van der Waals surface area contributed by atoms with Gasteiger partial charge in [-0.05, 0) is 18.9 Å². The molecule has 0 aliphatic carbocycles. The molecular weight excluding hydrogens is 242 g/mol. The highest BCUT2D eigenvalue weighted by Gasteiger charge is 2.19. The first-order valence-corrected chi connectivity index (χ1v) is 5.53. The lowest BCUT2D eigenvalue weighted by Crippen LogP contribution is -2.38. The van der Waals surface area contributed by atoms with E-state index in [2.05, 4.69) is 5.32 Å². The lowest BCUT2D eigenvalue weighted by Gasteiger charge is -2.19. The van der Waals surface area contributed by atoms with E-state index < -0.39 is 17.5 Å². The van der Waals surface area contributed by atoms with Gasteiger partial charge in [-0.15, -0.1) is 0 Å². The van der Waals surface area contributed by atoms with Crippen LogP contribution in [0.3, 0.4) is 0 Å². The summed E-state index contributed by atoms with van der Waals surface area (Å²) >= 11 is 0. The van der Waals surface area contributed by atoms with Gasteiger partial charge in [0, 0.05) is 18.7 Å². The maximum atomic E-state index is 13.4. The van der Waals surface area contributed by atoms with Gasteiger partial charge >= 0.3 is 0 Å². The Hall–Kier alpha value is -1.69. The van der Waals surface area contributed by atoms with Crippen LogP contribution in [0, 0.1) is 17.6 Å². The van der Waals surface area contributed by atoms with Crippen molar-refractivity contribution in [2.45, 2.75) is 19.9 Å². The predicted octanol–water partition coefficient (Wildman–Crippen LogP) is 1.29. The number of hydrogen-bond donors (Lipinski definition) is 3. The molecule has 4 nitrogen and oxygen atoms in total. The van der Waals surface area contributed by atoms with Crippen molar-refractivity contribution in [3.63, 3.8) is 0 Å². The SMILES string of the molecule is CC(CO)C(C)NC(=O)c1cc(N)c(F)cc1F. The number of hydrogen-bond acceptors (Lipinski definition) is 3. The fourth-order valence-corrected chi connectivity index (χ4v) is 1.32. The Morgan fingerprint density at radius 2 is 2.00 bits per heavy atom. The smallest absolute Gasteiger partial charge is 0.254 e. The van der Waals surface area contributed by atoms with Crippen molar-refractivity contribution in [1.82, 2.24) is 5.32 Å². The number of halogens is 2. The molecule has 1 amide bonds. The second-order valence-electron chi connectivity index (χ2n) is 4.28. The fraction of sp³-hybridized carbons (Fsp3) is 0.417. The Kier molecular flexibility index (Phi) is 4.61. The van der Waals surface area contributed by atoms with Gasteiger partial charge in [-0.25, -0.2) is 8.78 Å². The number of rotatable bonds is 4. The van der Waals surface area contributed by atoms with E-state index in [1.54, 1.807) is 13.8 Å². The van der Waals surface area contributed by atoms with E-state index in [4.69, 9.17) is 10.8 Å². The Labute approximate surface area is 104 Å². The van der Waals surface area contributed by atoms with Gasteiger partial charge in [-0.1, -0.05) is 6.92 Å². The van der Waals surface area contributed by atoms with Crippen LogP contribution in [0.15, 0.2) is 12.1 Å². The van der Waals surface area contributed by atoms with Crippen LogP contribution in [0.25, 0.3) is 0 Å². The van der Waals surface area contributed by atoms with Crippen molar-refractivity contribution in [3.05, 3.63) is 29.3 Å². The Bertz CT molecular complexity index is 452. The second kappa shape index (κ2) is 5.77. The van der Waals surface area contributed by atoms with E-state index in [9.17, 15) is 13.6 Å². The molecular formula is C12H16F2N2O2. The molecule has 2 unspecified atom stereocenters. The molecule has 0 saturated carbocycles. The number of nitrogens with one attached hydrogen (secondary N) is 1. The number of nitrogen functional groups attached to an aromatic ring is 1. The first kappa shape index (κ1) is 14.4. The molecule has 4 N–H and O–H groups in total. The highest BCUT2D eigenvalue weighted by molar-refractivity contribution is 5.95. The van der Waals surface area contributed by atoms with Gasteiger partial charge in [0.25, 0.3) is 5.91 Å². The van der Waals surface area contributed by atoms with E-state index in [1.807, 2.05) is 0 Å². The van der Waals surface area contributed by atoms with Crippen LogP contribution in [0.1, 0.15) is 24.2 Å². The Morgan fingerprint density at radius 3 is 2.56 bits per heavy atom. The minimum Gasteiger partial charge on any atom is -0.396 e. The zero-order valence-corrected chi connectivity index (χ0v) is 10.2. The minimum absolute atomic E-state index is 0.102. The minimum atomic E-state index is -0.969. The van der Waals surface area contributed by atoms with Crippen LogP contribution in [-0.2, 0) is 0 Å². The first-order chi connectivity index (χ1) is 8.36. The van der Waals surface area contributed by atoms with E-state index >= 15 is 0 Å². The van der Waals surface area contributed by atoms with Crippen LogP contribution in [0.4, 0.5) is 14.5 Å². The molecule has 0 saturated heterocycles. The monoisotopic (exact) mass is 258 g/mol. The topological polar surface area (TPSA) is 75.3 Å². The summed E-state index contributed by atoms with van der Waals surface area (Å²) in [5, 5.41) is 11.4. The standard InChI is InChI=1S/C12H16F2N2O2/c1-6(5-17)7(2)16-12(18)8-3-11(15)10(14)4-9(8)13/h3-4,6-7,17H,5,15H2,1-2H3,(H,16,18). The summed E-state index contributed by atoms with van der Waals surface area (Å²) in [5.74, 6) is -2.73. The van der Waals surface area contributed by atoms with Crippen molar-refractivity contribution in [2.24, 2.45) is 5.92 Å². The van der Waals surface area contributed by atoms with Gasteiger partial charge in [-0.3, -0.25) is 4.79 Å². The lowest BCUT2D eigenvalue weighted by molar-refractivity contribution is 0.0912. The van der Waals surface area contributed by atoms with Gasteiger partial charge in [0.1, 0.15) is 11.6 Å². The number of nitrogens with two attached hydrogens (primary N) is 1. The summed E-state index contributed by atoms with van der Waals surface area (Å²) in [5.41, 5.74) is 4.68. The molecule has 1 aromatic rings. The number of benzene rings is 1. The number of anilines is 1. The van der Waals surface area contributed by atoms with Crippen molar-refractivity contribution >= 4 is 11.6 Å². The molecule has 18 heavy (non-hydrogen) atoms. The largest absolute Gasteiger partial charge is 0.396 e. The summed E-state index contributed by atoms with van der Waals surface area (Å²) in [6.07, 6.45) is 0. The maximum absolute atomic E-state index is 13.4. The molecule has 0 fully saturated rings. The predicted molar refractivity (Wildman–Crippen MR) is 63.9 cm³/mol. The summed E-state index contributed by atoms with van der Waals surface area (Å²) in [4.78, 5) is 11.7. The zero-order chi connectivity index (χ0) is 13.9. The molecule has 0 bridgehead atoms. The van der Waals surface area contributed by atoms with Crippen molar-refractivity contribution in [2.75, 3.05) is 12.3 Å². The molecule has 1 aromatic carbocycles. The van der Waals surface area contributed by atoms with Crippen LogP contribution < -0.4 is 11.1 Å². The van der Waals surface area contributed by atoms with Gasteiger partial charge in [0.2, 0.25) is 0 Å². The molecule has 0 spiro atoms. The van der Waals surface area contributed by atoms with Gasteiger partial charge in [0.05, 0.1) is 11.3 Å². The van der Waals surface area contributed by atoms with Crippen LogP contribution in [0.2, 0.25) is 0 Å². The Morgan fingerprint density at radius 1 is 1.39 bits per heavy atom. The third kappa shape index (κ3) is 3.16. The molecule has 1 rings (SSSR count). The second-order valence-corrected chi connectivity index (χ2v) is 4.28. The summed E-state index contributed by atoms with van der Waals surface area (Å²) in [6.45, 7) is 3.32. The molecule has 100 valence electrons. The van der Waals surface area contributed by atoms with Crippen molar-refractivity contribution in [1.29, 1.82) is 0 Å². The number of aliphatic hydroxyl groups excluding tert-OH is 1. The molecule has 0 aliphatic rings. The fourth-order valence-electron chi connectivity index (χ4n) is 1.32. The highest BCUT2D eigenvalue weighted by Crippen LogP contribution is 2.17. The van der Waals surface area contributed by atoms with Gasteiger partial charge in [0.15, 0.2) is 0 Å². The first-order valence-electron chi connectivity index (χ1n) is 5.53. The lowest BCUT2D eigenvalue weighted by atomic mass is 10.0. The summed E-state index contributed by atoms with van der Waals surface area (Å²) in [6, 6.07) is 1.19. The van der Waals surface area contributed by atoms with Crippen molar-refractivity contribution < 1.29 is 18.7 Å². The van der Waals surface area contributed by atoms with Crippen LogP contribution in [-0.4, -0.2) is 23.7 Å². The normalized spacial score (nSPS) is 14.1. The van der Waals surface area contributed by atoms with Crippen LogP contribution in [0.5, 0.6) is 0 Å². The quantitative estimate of drug-likeness (QED) is 0.712. The average molecular weight is 258 g/mol. The Balaban J connectivity index is 2.88. The molecule has 2 atom stereocenters. The molecule has 0 heterocycles. The van der Waals surface area contributed by atoms with Gasteiger partial charge < -0.3 is 16.2 Å². The van der Waals surface area contributed by atoms with Gasteiger partial charge in [-0.2, -0.15) is 0 Å². The van der Waals surface area contributed by atoms with E-state index in [-0.39, 0.29) is 29.8 Å². The summed E-state index contributed by atoms with van der Waals surface area (Å²) in [7, 11) is 0. The number of carbonyl (C=O) groups excluding carboxylic acids is 1. The zero-order valence-electron chi connectivity index (χ0n) is 10.2. The number of amides is 1. The maximum Gasteiger partial charge on any atom is 0.254 e. The van der Waals surface area contributed by atoms with E-state index in [0.29, 0.717) is 6.07 Å². The molecule has 0 aliphatic heterocycles. The van der Waals surface area contributed by atoms with Crippen LogP contribution >= 0.6 is 0 Å². The number of aliphatic hydroxyl groups is 1. The summed E-state index contributed by atoms with van der Waals surface area (Å²) < 4.78 is 26.3. The number of carbonyl (C=O) groups is 1. The van der Waals surface area contributed by atoms with E-state index in [0.717, 1.165) is 6.07 Å². The van der Waals surface area contributed by atoms with E-state index in [1.165, 1.54) is 0 Å². The third-order valence-corrected chi connectivity index (χ3v) is 2.83. The average Bonchev–Trinajstić information content (AvgIpc) is 2.32. The van der Waals surface area contributed by atoms with Crippen molar-refractivity contribution in [3.8, 4) is 0 Å². The molecule has 0 aromatic heterocycles. The molecule has 0 radical (unpaired) electrons. The highest BCUT2D eigenvalue weighted by atomic mass is 19.1. The molecule has 6 heteroatoms. The third-order valence-electron chi connectivity index (χ3n) is 2.83.